The summed E-state index contributed by atoms with van der Waals surface area (Å²) in [6.45, 7) is 4.22. The molecule has 2 aromatic rings. The Hall–Kier alpha value is -1.82. The molecule has 30 heavy (non-hydrogen) atoms. The van der Waals surface area contributed by atoms with E-state index in [2.05, 4.69) is 11.0 Å². The summed E-state index contributed by atoms with van der Waals surface area (Å²) in [7, 11) is 0. The van der Waals surface area contributed by atoms with Crippen LogP contribution in [0, 0.1) is 11.3 Å². The molecule has 3 rings (SSSR count). The molecule has 1 fully saturated rings. The number of esters is 1. The van der Waals surface area contributed by atoms with Gasteiger partial charge in [-0.3, -0.25) is 0 Å². The first kappa shape index (κ1) is 22.9. The van der Waals surface area contributed by atoms with Crippen LogP contribution >= 0.6 is 34.5 Å². The Morgan fingerprint density at radius 1 is 1.37 bits per heavy atom. The second-order valence-electron chi connectivity index (χ2n) is 6.70. The average Bonchev–Trinajstić information content (AvgIpc) is 3.14. The van der Waals surface area contributed by atoms with E-state index in [0.29, 0.717) is 58.8 Å². The summed E-state index contributed by atoms with van der Waals surface area (Å²) in [6.07, 6.45) is 0.318. The van der Waals surface area contributed by atoms with E-state index in [1.165, 1.54) is 11.3 Å². The summed E-state index contributed by atoms with van der Waals surface area (Å²) in [6, 6.07) is 7.49. The van der Waals surface area contributed by atoms with E-state index in [1.807, 2.05) is 0 Å². The lowest BCUT2D eigenvalue weighted by Crippen LogP contribution is -2.36. The van der Waals surface area contributed by atoms with Gasteiger partial charge in [0.15, 0.2) is 0 Å². The van der Waals surface area contributed by atoms with E-state index in [0.717, 1.165) is 10.6 Å². The maximum Gasteiger partial charge on any atom is 0.348 e. The highest BCUT2D eigenvalue weighted by Crippen LogP contribution is 2.44. The lowest BCUT2D eigenvalue weighted by Gasteiger charge is -2.28. The van der Waals surface area contributed by atoms with Crippen molar-refractivity contribution >= 4 is 45.5 Å². The monoisotopic (exact) mass is 468 g/mol. The van der Waals surface area contributed by atoms with Gasteiger partial charge in [-0.05, 0) is 31.0 Å². The number of ether oxygens (including phenoxy) is 2. The second-order valence-corrected chi connectivity index (χ2v) is 8.51. The zero-order chi connectivity index (χ0) is 21.7. The van der Waals surface area contributed by atoms with Gasteiger partial charge in [0.05, 0.1) is 35.4 Å². The number of morpholine rings is 1. The predicted molar refractivity (Wildman–Crippen MR) is 118 cm³/mol. The Kier molecular flexibility index (Phi) is 7.98. The van der Waals surface area contributed by atoms with Gasteiger partial charge in [0.2, 0.25) is 0 Å². The molecule has 2 heterocycles. The van der Waals surface area contributed by atoms with E-state index in [1.54, 1.807) is 25.1 Å². The van der Waals surface area contributed by atoms with Crippen molar-refractivity contribution in [2.45, 2.75) is 19.3 Å². The highest BCUT2D eigenvalue weighted by atomic mass is 35.5. The summed E-state index contributed by atoms with van der Waals surface area (Å²) in [5, 5.41) is 21.3. The topological polar surface area (TPSA) is 82.8 Å². The van der Waals surface area contributed by atoms with E-state index < -0.39 is 11.9 Å². The number of rotatable bonds is 7. The van der Waals surface area contributed by atoms with Crippen molar-refractivity contribution in [2.75, 3.05) is 44.4 Å². The molecule has 0 radical (unpaired) electrons. The van der Waals surface area contributed by atoms with Crippen molar-refractivity contribution in [3.8, 4) is 6.07 Å². The molecule has 1 aliphatic rings. The quantitative estimate of drug-likeness (QED) is 0.604. The highest BCUT2D eigenvalue weighted by molar-refractivity contribution is 7.18. The lowest BCUT2D eigenvalue weighted by atomic mass is 9.86. The number of carbonyl (C=O) groups excluding carboxylic acids is 1. The fourth-order valence-electron chi connectivity index (χ4n) is 3.55. The third kappa shape index (κ3) is 4.74. The number of aliphatic hydroxyl groups is 1. The number of thiophene rings is 1. The largest absolute Gasteiger partial charge is 0.462 e. The van der Waals surface area contributed by atoms with E-state index >= 15 is 0 Å². The molecule has 160 valence electrons. The van der Waals surface area contributed by atoms with Crippen molar-refractivity contribution in [1.29, 1.82) is 5.26 Å². The van der Waals surface area contributed by atoms with Crippen LogP contribution in [0.4, 0.5) is 5.00 Å². The molecule has 1 unspecified atom stereocenters. The van der Waals surface area contributed by atoms with Crippen LogP contribution in [0.1, 0.15) is 45.6 Å². The van der Waals surface area contributed by atoms with E-state index in [9.17, 15) is 15.2 Å². The molecule has 1 N–H and O–H groups in total. The molecule has 0 bridgehead atoms. The third-order valence-corrected chi connectivity index (χ3v) is 6.90. The van der Waals surface area contributed by atoms with Gasteiger partial charge >= 0.3 is 5.97 Å². The Bertz CT molecular complexity index is 951. The van der Waals surface area contributed by atoms with Crippen LogP contribution in [0.2, 0.25) is 10.0 Å². The van der Waals surface area contributed by atoms with Gasteiger partial charge in [-0.15, -0.1) is 11.3 Å². The van der Waals surface area contributed by atoms with Gasteiger partial charge in [-0.25, -0.2) is 4.79 Å². The molecule has 0 amide bonds. The standard InChI is InChI=1S/C21H22Cl2N2O4S/c1-2-29-21(27)19-18(14(5-8-26)13-3-4-16(22)17(23)11-13)15(12-24)20(30-19)25-6-9-28-10-7-25/h3-4,11,14,26H,2,5-10H2,1H3. The number of anilines is 1. The van der Waals surface area contributed by atoms with Crippen LogP contribution in [0.15, 0.2) is 18.2 Å². The second kappa shape index (κ2) is 10.5. The molecule has 0 saturated carbocycles. The van der Waals surface area contributed by atoms with Crippen molar-refractivity contribution in [3.05, 3.63) is 49.8 Å². The molecule has 1 atom stereocenters. The summed E-state index contributed by atoms with van der Waals surface area (Å²) in [4.78, 5) is 15.3. The maximum absolute atomic E-state index is 12.8. The number of benzene rings is 1. The third-order valence-electron chi connectivity index (χ3n) is 4.91. The van der Waals surface area contributed by atoms with Crippen LogP contribution in [-0.4, -0.2) is 50.6 Å². The Morgan fingerprint density at radius 3 is 2.70 bits per heavy atom. The Balaban J connectivity index is 2.19. The van der Waals surface area contributed by atoms with Gasteiger partial charge in [-0.2, -0.15) is 5.26 Å². The van der Waals surface area contributed by atoms with Crippen LogP contribution < -0.4 is 4.90 Å². The molecule has 9 heteroatoms. The van der Waals surface area contributed by atoms with Crippen LogP contribution in [0.25, 0.3) is 0 Å². The highest BCUT2D eigenvalue weighted by Gasteiger charge is 2.32. The van der Waals surface area contributed by atoms with Crippen molar-refractivity contribution in [3.63, 3.8) is 0 Å². The number of aliphatic hydroxyl groups excluding tert-OH is 1. The van der Waals surface area contributed by atoms with Crippen LogP contribution in [-0.2, 0) is 9.47 Å². The normalized spacial score (nSPS) is 15.0. The van der Waals surface area contributed by atoms with Gasteiger partial charge in [0, 0.05) is 31.2 Å². The first-order valence-electron chi connectivity index (χ1n) is 9.64. The minimum Gasteiger partial charge on any atom is -0.462 e. The number of hydrogen-bond donors (Lipinski definition) is 1. The van der Waals surface area contributed by atoms with Gasteiger partial charge in [-0.1, -0.05) is 29.3 Å². The lowest BCUT2D eigenvalue weighted by molar-refractivity contribution is 0.0530. The number of carbonyl (C=O) groups is 1. The van der Waals surface area contributed by atoms with Crippen molar-refractivity contribution < 1.29 is 19.4 Å². The summed E-state index contributed by atoms with van der Waals surface area (Å²) >= 11 is 13.6. The molecule has 0 spiro atoms. The molecule has 1 aromatic heterocycles. The smallest absolute Gasteiger partial charge is 0.348 e. The summed E-state index contributed by atoms with van der Waals surface area (Å²) in [5.74, 6) is -0.888. The molecule has 1 aromatic carbocycles. The average molecular weight is 469 g/mol. The van der Waals surface area contributed by atoms with Gasteiger partial charge < -0.3 is 19.5 Å². The minimum atomic E-state index is -0.475. The Morgan fingerprint density at radius 2 is 2.10 bits per heavy atom. The molecule has 0 aliphatic carbocycles. The number of halogens is 2. The van der Waals surface area contributed by atoms with Crippen molar-refractivity contribution in [2.24, 2.45) is 0 Å². The number of hydrogen-bond acceptors (Lipinski definition) is 7. The number of nitriles is 1. The SMILES string of the molecule is CCOC(=O)c1sc(N2CCOCC2)c(C#N)c1C(CCO)c1ccc(Cl)c(Cl)c1. The van der Waals surface area contributed by atoms with Crippen LogP contribution in [0.5, 0.6) is 0 Å². The van der Waals surface area contributed by atoms with E-state index in [-0.39, 0.29) is 13.2 Å². The molecular formula is C21H22Cl2N2O4S. The fourth-order valence-corrected chi connectivity index (χ4v) is 5.11. The maximum atomic E-state index is 12.8. The molecule has 1 saturated heterocycles. The molecule has 6 nitrogen and oxygen atoms in total. The zero-order valence-corrected chi connectivity index (χ0v) is 18.8. The van der Waals surface area contributed by atoms with Gasteiger partial charge in [0.25, 0.3) is 0 Å². The number of nitrogens with zero attached hydrogens (tertiary/aromatic N) is 2. The van der Waals surface area contributed by atoms with Crippen molar-refractivity contribution in [1.82, 2.24) is 0 Å². The minimum absolute atomic E-state index is 0.124. The van der Waals surface area contributed by atoms with Gasteiger partial charge in [0.1, 0.15) is 15.9 Å². The molecule has 1 aliphatic heterocycles. The summed E-state index contributed by atoms with van der Waals surface area (Å²) in [5.41, 5.74) is 1.76. The summed E-state index contributed by atoms with van der Waals surface area (Å²) < 4.78 is 10.7. The predicted octanol–water partition coefficient (Wildman–Crippen LogP) is 4.45. The van der Waals surface area contributed by atoms with Crippen LogP contribution in [0.3, 0.4) is 0 Å². The first-order chi connectivity index (χ1) is 14.5. The molecular weight excluding hydrogens is 447 g/mol. The fraction of sp³-hybridized carbons (Fsp3) is 0.429. The Labute approximate surface area is 189 Å². The first-order valence-corrected chi connectivity index (χ1v) is 11.2. The van der Waals surface area contributed by atoms with E-state index in [4.69, 9.17) is 32.7 Å². The zero-order valence-electron chi connectivity index (χ0n) is 16.5.